The minimum atomic E-state index is 0.801. The van der Waals surface area contributed by atoms with Gasteiger partial charge in [0.2, 0.25) is 0 Å². The Balaban J connectivity index is 1.97. The van der Waals surface area contributed by atoms with Crippen LogP contribution in [-0.2, 0) is 6.42 Å². The Labute approximate surface area is 110 Å². The van der Waals surface area contributed by atoms with Crippen LogP contribution in [0.5, 0.6) is 0 Å². The first-order chi connectivity index (χ1) is 8.31. The average Bonchev–Trinajstić information content (AvgIpc) is 2.34. The van der Waals surface area contributed by atoms with Crippen molar-refractivity contribution in [3.05, 3.63) is 29.3 Å². The second kappa shape index (κ2) is 6.30. The molecule has 0 radical (unpaired) electrons. The molecular formula is C15H22ClN. The lowest BCUT2D eigenvalue weighted by atomic mass is 9.99. The van der Waals surface area contributed by atoms with Gasteiger partial charge in [0.05, 0.1) is 0 Å². The summed E-state index contributed by atoms with van der Waals surface area (Å²) in [5.41, 5.74) is 4.38. The summed E-state index contributed by atoms with van der Waals surface area (Å²) in [6, 6.07) is 6.88. The van der Waals surface area contributed by atoms with E-state index in [9.17, 15) is 0 Å². The van der Waals surface area contributed by atoms with Crippen LogP contribution in [0.3, 0.4) is 0 Å². The molecule has 0 fully saturated rings. The maximum absolute atomic E-state index is 5.71. The smallest absolute Gasteiger partial charge is 0.0398 e. The van der Waals surface area contributed by atoms with E-state index in [0.717, 1.165) is 12.3 Å². The van der Waals surface area contributed by atoms with Crippen molar-refractivity contribution in [2.45, 2.75) is 39.0 Å². The van der Waals surface area contributed by atoms with E-state index in [0.29, 0.717) is 0 Å². The van der Waals surface area contributed by atoms with Gasteiger partial charge >= 0.3 is 0 Å². The Morgan fingerprint density at radius 2 is 2.12 bits per heavy atom. The molecule has 1 heterocycles. The zero-order chi connectivity index (χ0) is 12.1. The fraction of sp³-hybridized carbons (Fsp3) is 0.600. The van der Waals surface area contributed by atoms with Gasteiger partial charge in [-0.15, -0.1) is 11.6 Å². The van der Waals surface area contributed by atoms with Crippen molar-refractivity contribution in [2.24, 2.45) is 0 Å². The number of hydrogen-bond acceptors (Lipinski definition) is 1. The minimum Gasteiger partial charge on any atom is -0.371 e. The fourth-order valence-electron chi connectivity index (χ4n) is 2.61. The highest BCUT2D eigenvalue weighted by atomic mass is 35.5. The number of fused-ring (bicyclic) bond motifs is 1. The van der Waals surface area contributed by atoms with Crippen LogP contribution >= 0.6 is 11.6 Å². The van der Waals surface area contributed by atoms with E-state index in [1.807, 2.05) is 0 Å². The highest BCUT2D eigenvalue weighted by molar-refractivity contribution is 6.17. The molecule has 0 aromatic heterocycles. The monoisotopic (exact) mass is 251 g/mol. The van der Waals surface area contributed by atoms with Gasteiger partial charge in [0.1, 0.15) is 0 Å². The van der Waals surface area contributed by atoms with Gasteiger partial charge in [0, 0.05) is 24.7 Å². The molecule has 17 heavy (non-hydrogen) atoms. The Hall–Kier alpha value is -0.690. The maximum atomic E-state index is 5.71. The van der Waals surface area contributed by atoms with Crippen molar-refractivity contribution in [3.8, 4) is 0 Å². The predicted molar refractivity (Wildman–Crippen MR) is 76.3 cm³/mol. The molecule has 2 rings (SSSR count). The van der Waals surface area contributed by atoms with Crippen LogP contribution in [0.2, 0.25) is 0 Å². The van der Waals surface area contributed by atoms with Crippen molar-refractivity contribution in [1.29, 1.82) is 0 Å². The third-order valence-corrected chi connectivity index (χ3v) is 3.78. The van der Waals surface area contributed by atoms with Crippen molar-refractivity contribution < 1.29 is 0 Å². The van der Waals surface area contributed by atoms with Gasteiger partial charge in [-0.2, -0.15) is 0 Å². The number of nitrogens with zero attached hydrogens (tertiary/aromatic N) is 1. The van der Waals surface area contributed by atoms with Gasteiger partial charge < -0.3 is 4.90 Å². The number of aryl methyl sites for hydroxylation is 2. The Kier molecular flexibility index (Phi) is 4.73. The van der Waals surface area contributed by atoms with E-state index in [-0.39, 0.29) is 0 Å². The number of halogens is 1. The lowest BCUT2D eigenvalue weighted by Crippen LogP contribution is -2.30. The van der Waals surface area contributed by atoms with E-state index in [1.165, 1.54) is 55.6 Å². The molecule has 1 nitrogen and oxygen atoms in total. The topological polar surface area (TPSA) is 3.24 Å². The second-order valence-corrected chi connectivity index (χ2v) is 5.35. The standard InChI is InChI=1S/C15H22ClN/c1-13-7-8-15-14(12-13)6-5-11-17(15)10-4-2-3-9-16/h7-8,12H,2-6,9-11H2,1H3. The van der Waals surface area contributed by atoms with Crippen molar-refractivity contribution in [2.75, 3.05) is 23.9 Å². The van der Waals surface area contributed by atoms with Crippen LogP contribution in [0, 0.1) is 6.92 Å². The molecule has 0 aliphatic carbocycles. The lowest BCUT2D eigenvalue weighted by molar-refractivity contribution is 0.639. The summed E-state index contributed by atoms with van der Waals surface area (Å²) in [6.45, 7) is 4.59. The van der Waals surface area contributed by atoms with Crippen LogP contribution in [-0.4, -0.2) is 19.0 Å². The minimum absolute atomic E-state index is 0.801. The van der Waals surface area contributed by atoms with Crippen LogP contribution in [0.4, 0.5) is 5.69 Å². The average molecular weight is 252 g/mol. The number of unbranched alkanes of at least 4 members (excludes halogenated alkanes) is 2. The van der Waals surface area contributed by atoms with E-state index in [4.69, 9.17) is 11.6 Å². The zero-order valence-corrected chi connectivity index (χ0v) is 11.5. The predicted octanol–water partition coefficient (Wildman–Crippen LogP) is 4.16. The molecule has 0 N–H and O–H groups in total. The van der Waals surface area contributed by atoms with E-state index in [2.05, 4.69) is 30.0 Å². The summed E-state index contributed by atoms with van der Waals surface area (Å²) in [5, 5.41) is 0. The molecule has 0 amide bonds. The van der Waals surface area contributed by atoms with Crippen molar-refractivity contribution in [1.82, 2.24) is 0 Å². The van der Waals surface area contributed by atoms with Gasteiger partial charge in [-0.1, -0.05) is 24.1 Å². The highest BCUT2D eigenvalue weighted by Crippen LogP contribution is 2.28. The third-order valence-electron chi connectivity index (χ3n) is 3.51. The molecule has 2 heteroatoms. The summed E-state index contributed by atoms with van der Waals surface area (Å²) in [5.74, 6) is 0.801. The summed E-state index contributed by atoms with van der Waals surface area (Å²) in [7, 11) is 0. The molecule has 0 bridgehead atoms. The summed E-state index contributed by atoms with van der Waals surface area (Å²) in [4.78, 5) is 2.55. The number of alkyl halides is 1. The van der Waals surface area contributed by atoms with E-state index >= 15 is 0 Å². The van der Waals surface area contributed by atoms with Gasteiger partial charge in [0.25, 0.3) is 0 Å². The maximum Gasteiger partial charge on any atom is 0.0398 e. The van der Waals surface area contributed by atoms with Gasteiger partial charge in [-0.25, -0.2) is 0 Å². The molecule has 0 atom stereocenters. The second-order valence-electron chi connectivity index (χ2n) is 4.97. The normalized spacial score (nSPS) is 14.8. The number of rotatable bonds is 5. The fourth-order valence-corrected chi connectivity index (χ4v) is 2.80. The quantitative estimate of drug-likeness (QED) is 0.561. The summed E-state index contributed by atoms with van der Waals surface area (Å²) < 4.78 is 0. The van der Waals surface area contributed by atoms with Crippen LogP contribution < -0.4 is 4.90 Å². The van der Waals surface area contributed by atoms with Gasteiger partial charge in [0.15, 0.2) is 0 Å². The summed E-state index contributed by atoms with van der Waals surface area (Å²) >= 11 is 5.71. The molecule has 1 aliphatic rings. The van der Waals surface area contributed by atoms with Gasteiger partial charge in [-0.3, -0.25) is 0 Å². The Morgan fingerprint density at radius 3 is 2.94 bits per heavy atom. The van der Waals surface area contributed by atoms with Crippen LogP contribution in [0.1, 0.15) is 36.8 Å². The first-order valence-corrected chi connectivity index (χ1v) is 7.25. The lowest BCUT2D eigenvalue weighted by Gasteiger charge is -2.31. The summed E-state index contributed by atoms with van der Waals surface area (Å²) in [6.07, 6.45) is 6.21. The molecule has 0 saturated heterocycles. The van der Waals surface area contributed by atoms with Gasteiger partial charge in [-0.05, 0) is 44.2 Å². The molecule has 0 saturated carbocycles. The molecule has 1 aliphatic heterocycles. The molecule has 0 spiro atoms. The molecule has 1 aromatic carbocycles. The number of benzene rings is 1. The van der Waals surface area contributed by atoms with Crippen LogP contribution in [0.15, 0.2) is 18.2 Å². The number of hydrogen-bond donors (Lipinski definition) is 0. The first-order valence-electron chi connectivity index (χ1n) is 6.71. The third kappa shape index (κ3) is 3.38. The molecular weight excluding hydrogens is 230 g/mol. The Morgan fingerprint density at radius 1 is 1.24 bits per heavy atom. The van der Waals surface area contributed by atoms with Crippen molar-refractivity contribution in [3.63, 3.8) is 0 Å². The number of anilines is 1. The first kappa shape index (κ1) is 12.8. The van der Waals surface area contributed by atoms with Crippen molar-refractivity contribution >= 4 is 17.3 Å². The van der Waals surface area contributed by atoms with E-state index in [1.54, 1.807) is 0 Å². The van der Waals surface area contributed by atoms with Crippen LogP contribution in [0.25, 0.3) is 0 Å². The zero-order valence-electron chi connectivity index (χ0n) is 10.7. The molecule has 94 valence electrons. The molecule has 0 unspecified atom stereocenters. The largest absolute Gasteiger partial charge is 0.371 e. The molecule has 1 aromatic rings. The Bertz CT molecular complexity index is 362. The highest BCUT2D eigenvalue weighted by Gasteiger charge is 2.15. The van der Waals surface area contributed by atoms with E-state index < -0.39 is 0 Å². The SMILES string of the molecule is Cc1ccc2c(c1)CCCN2CCCCCCl.